The van der Waals surface area contributed by atoms with E-state index in [2.05, 4.69) is 10.4 Å². The Morgan fingerprint density at radius 2 is 1.71 bits per heavy atom. The van der Waals surface area contributed by atoms with Crippen molar-refractivity contribution in [1.82, 2.24) is 23.3 Å². The molecule has 0 spiro atoms. The number of aromatic nitrogens is 2. The van der Waals surface area contributed by atoms with Gasteiger partial charge in [0.2, 0.25) is 5.91 Å². The number of nitrogens with zero attached hydrogens (tertiary/aromatic N) is 5. The van der Waals surface area contributed by atoms with E-state index in [0.717, 1.165) is 48.4 Å². The Hall–Kier alpha value is -2.27. The van der Waals surface area contributed by atoms with E-state index in [0.29, 0.717) is 26.2 Å². The number of para-hydroxylation sites is 1. The molecule has 9 nitrogen and oxygen atoms in total. The molecular formula is C24H36N6O3S. The van der Waals surface area contributed by atoms with Gasteiger partial charge < -0.3 is 5.32 Å². The molecule has 1 aromatic carbocycles. The minimum absolute atomic E-state index is 0.103. The number of aryl methyl sites for hydroxylation is 1. The molecule has 34 heavy (non-hydrogen) atoms. The van der Waals surface area contributed by atoms with Crippen LogP contribution in [0.5, 0.6) is 0 Å². The summed E-state index contributed by atoms with van der Waals surface area (Å²) in [7, 11) is -1.75. The molecule has 1 amide bonds. The van der Waals surface area contributed by atoms with Crippen LogP contribution in [0, 0.1) is 13.8 Å². The van der Waals surface area contributed by atoms with Crippen molar-refractivity contribution in [3.05, 3.63) is 41.7 Å². The smallest absolute Gasteiger partial charge is 0.282 e. The van der Waals surface area contributed by atoms with E-state index < -0.39 is 10.2 Å². The number of hydrogen-bond donors (Lipinski definition) is 1. The van der Waals surface area contributed by atoms with Gasteiger partial charge in [-0.25, -0.2) is 4.68 Å². The van der Waals surface area contributed by atoms with Crippen LogP contribution in [0.4, 0.5) is 5.69 Å². The van der Waals surface area contributed by atoms with Crippen LogP contribution in [0.15, 0.2) is 30.3 Å². The Morgan fingerprint density at radius 1 is 1.06 bits per heavy atom. The molecule has 186 valence electrons. The van der Waals surface area contributed by atoms with Gasteiger partial charge in [-0.1, -0.05) is 37.5 Å². The fourth-order valence-electron chi connectivity index (χ4n) is 4.96. The Morgan fingerprint density at radius 3 is 2.35 bits per heavy atom. The van der Waals surface area contributed by atoms with E-state index in [1.54, 1.807) is 15.7 Å². The van der Waals surface area contributed by atoms with Crippen LogP contribution in [0.3, 0.4) is 0 Å². The summed E-state index contributed by atoms with van der Waals surface area (Å²) in [5.41, 5.74) is 3.30. The minimum atomic E-state index is -3.47. The minimum Gasteiger partial charge on any atom is -0.322 e. The van der Waals surface area contributed by atoms with Gasteiger partial charge in [0.1, 0.15) is 0 Å². The van der Waals surface area contributed by atoms with Gasteiger partial charge in [-0.15, -0.1) is 0 Å². The van der Waals surface area contributed by atoms with Crippen LogP contribution in [0.2, 0.25) is 0 Å². The molecule has 2 aromatic rings. The molecule has 4 rings (SSSR count). The average Bonchev–Trinajstić information content (AvgIpc) is 3.13. The molecule has 1 aliphatic heterocycles. The molecule has 0 atom stereocenters. The van der Waals surface area contributed by atoms with Gasteiger partial charge in [0, 0.05) is 39.3 Å². The van der Waals surface area contributed by atoms with Crippen molar-refractivity contribution in [2.45, 2.75) is 52.0 Å². The predicted molar refractivity (Wildman–Crippen MR) is 133 cm³/mol. The van der Waals surface area contributed by atoms with Crippen molar-refractivity contribution in [2.24, 2.45) is 0 Å². The zero-order chi connectivity index (χ0) is 24.3. The average molecular weight is 489 g/mol. The molecule has 0 unspecified atom stereocenters. The number of hydrogen-bond acceptors (Lipinski definition) is 5. The number of carbonyl (C=O) groups excluding carboxylic acids is 1. The summed E-state index contributed by atoms with van der Waals surface area (Å²) in [6.45, 7) is 5.91. The van der Waals surface area contributed by atoms with Crippen molar-refractivity contribution in [3.63, 3.8) is 0 Å². The van der Waals surface area contributed by atoms with Crippen molar-refractivity contribution in [3.8, 4) is 5.69 Å². The van der Waals surface area contributed by atoms with E-state index in [1.807, 2.05) is 53.8 Å². The first-order chi connectivity index (χ1) is 16.3. The lowest BCUT2D eigenvalue weighted by atomic mass is 9.96. The maximum absolute atomic E-state index is 13.1. The highest BCUT2D eigenvalue weighted by atomic mass is 32.2. The van der Waals surface area contributed by atoms with Crippen LogP contribution in [0.1, 0.15) is 43.5 Å². The molecule has 0 bridgehead atoms. The quantitative estimate of drug-likeness (QED) is 0.647. The summed E-state index contributed by atoms with van der Waals surface area (Å²) in [6, 6.07) is 9.92. The Balaban J connectivity index is 1.32. The summed E-state index contributed by atoms with van der Waals surface area (Å²) in [4.78, 5) is 14.8. The molecule has 2 aliphatic rings. The molecular weight excluding hydrogens is 452 g/mol. The molecule has 1 N–H and O–H groups in total. The van der Waals surface area contributed by atoms with Gasteiger partial charge in [0.15, 0.2) is 0 Å². The second-order valence-corrected chi connectivity index (χ2v) is 11.3. The maximum Gasteiger partial charge on any atom is 0.282 e. The topological polar surface area (TPSA) is 90.8 Å². The zero-order valence-electron chi connectivity index (χ0n) is 20.4. The molecule has 1 saturated carbocycles. The highest BCUT2D eigenvalue weighted by Gasteiger charge is 2.34. The van der Waals surface area contributed by atoms with Crippen molar-refractivity contribution >= 4 is 21.8 Å². The fourth-order valence-corrected chi connectivity index (χ4v) is 6.54. The molecule has 1 aromatic heterocycles. The maximum atomic E-state index is 13.1. The van der Waals surface area contributed by atoms with Crippen molar-refractivity contribution < 1.29 is 13.2 Å². The molecule has 2 heterocycles. The van der Waals surface area contributed by atoms with Crippen LogP contribution in [-0.2, 0) is 15.0 Å². The third kappa shape index (κ3) is 5.35. The number of nitrogens with one attached hydrogen (secondary N) is 1. The van der Waals surface area contributed by atoms with Gasteiger partial charge in [-0.05, 0) is 38.8 Å². The molecule has 0 radical (unpaired) electrons. The van der Waals surface area contributed by atoms with E-state index in [-0.39, 0.29) is 18.5 Å². The van der Waals surface area contributed by atoms with Crippen LogP contribution in [-0.4, -0.2) is 83.4 Å². The van der Waals surface area contributed by atoms with Gasteiger partial charge in [-0.2, -0.15) is 22.1 Å². The fraction of sp³-hybridized carbons (Fsp3) is 0.583. The lowest BCUT2D eigenvalue weighted by Crippen LogP contribution is -2.55. The highest BCUT2D eigenvalue weighted by molar-refractivity contribution is 7.86. The number of benzene rings is 1. The third-order valence-electron chi connectivity index (χ3n) is 7.03. The standard InChI is InChI=1S/C24H36N6O3S/c1-19-24(20(2)30(26-19)22-12-8-5-9-13-22)25-23(31)18-28-14-16-29(17-15-28)34(32,33)27(3)21-10-6-4-7-11-21/h5,8-9,12-13,21H,4,6-7,10-11,14-18H2,1-3H3,(H,25,31). The Bertz CT molecular complexity index is 1090. The van der Waals surface area contributed by atoms with Gasteiger partial charge >= 0.3 is 0 Å². The summed E-state index contributed by atoms with van der Waals surface area (Å²) in [5, 5.41) is 7.60. The van der Waals surface area contributed by atoms with Crippen molar-refractivity contribution in [2.75, 3.05) is 45.1 Å². The lowest BCUT2D eigenvalue weighted by Gasteiger charge is -2.38. The largest absolute Gasteiger partial charge is 0.322 e. The van der Waals surface area contributed by atoms with Crippen LogP contribution >= 0.6 is 0 Å². The van der Waals surface area contributed by atoms with E-state index in [9.17, 15) is 13.2 Å². The monoisotopic (exact) mass is 488 g/mol. The summed E-state index contributed by atoms with van der Waals surface area (Å²) in [6.07, 6.45) is 5.26. The van der Waals surface area contributed by atoms with E-state index >= 15 is 0 Å². The van der Waals surface area contributed by atoms with Gasteiger partial charge in [-0.3, -0.25) is 9.69 Å². The highest BCUT2D eigenvalue weighted by Crippen LogP contribution is 2.25. The molecule has 10 heteroatoms. The first-order valence-electron chi connectivity index (χ1n) is 12.1. The number of carbonyl (C=O) groups is 1. The number of piperazine rings is 1. The summed E-state index contributed by atoms with van der Waals surface area (Å²) < 4.78 is 31.2. The van der Waals surface area contributed by atoms with E-state index in [1.165, 1.54) is 6.42 Å². The second-order valence-electron chi connectivity index (χ2n) is 9.33. The normalized spacial score (nSPS) is 18.9. The van der Waals surface area contributed by atoms with Gasteiger partial charge in [0.25, 0.3) is 10.2 Å². The number of amides is 1. The van der Waals surface area contributed by atoms with Crippen LogP contribution in [0.25, 0.3) is 5.69 Å². The number of anilines is 1. The van der Waals surface area contributed by atoms with Crippen molar-refractivity contribution in [1.29, 1.82) is 0 Å². The lowest BCUT2D eigenvalue weighted by molar-refractivity contribution is -0.117. The zero-order valence-corrected chi connectivity index (χ0v) is 21.2. The third-order valence-corrected chi connectivity index (χ3v) is 9.08. The Kier molecular flexibility index (Phi) is 7.71. The van der Waals surface area contributed by atoms with E-state index in [4.69, 9.17) is 0 Å². The molecule has 1 saturated heterocycles. The molecule has 2 fully saturated rings. The SMILES string of the molecule is Cc1nn(-c2ccccc2)c(C)c1NC(=O)CN1CCN(S(=O)(=O)N(C)C2CCCCC2)CC1. The number of rotatable bonds is 7. The Labute approximate surface area is 202 Å². The summed E-state index contributed by atoms with van der Waals surface area (Å²) >= 11 is 0. The predicted octanol–water partition coefficient (Wildman–Crippen LogP) is 2.55. The first-order valence-corrected chi connectivity index (χ1v) is 13.5. The second kappa shape index (κ2) is 10.6. The molecule has 1 aliphatic carbocycles. The summed E-state index contributed by atoms with van der Waals surface area (Å²) in [5.74, 6) is -0.116. The van der Waals surface area contributed by atoms with Crippen LogP contribution < -0.4 is 5.32 Å². The first kappa shape index (κ1) is 24.8. The van der Waals surface area contributed by atoms with Gasteiger partial charge in [0.05, 0.1) is 29.3 Å².